The Labute approximate surface area is 114 Å². The van der Waals surface area contributed by atoms with Crippen LogP contribution in [0.4, 0.5) is 11.5 Å². The van der Waals surface area contributed by atoms with Crippen molar-refractivity contribution in [1.29, 1.82) is 5.26 Å². The topological polar surface area (TPSA) is 115 Å². The molecule has 20 heavy (non-hydrogen) atoms. The molecule has 1 aromatic heterocycles. The molecule has 0 atom stereocenters. The molecule has 2 aromatic rings. The van der Waals surface area contributed by atoms with Crippen LogP contribution >= 0.6 is 0 Å². The number of hydrogen-bond donors (Lipinski definition) is 1. The van der Waals surface area contributed by atoms with Crippen molar-refractivity contribution >= 4 is 11.5 Å². The molecule has 0 aliphatic carbocycles. The Morgan fingerprint density at radius 3 is 2.85 bits per heavy atom. The van der Waals surface area contributed by atoms with Gasteiger partial charge in [0.05, 0.1) is 22.2 Å². The second kappa shape index (κ2) is 5.67. The van der Waals surface area contributed by atoms with Crippen molar-refractivity contribution in [2.75, 3.05) is 5.73 Å². The minimum atomic E-state index is -0.594. The molecule has 0 unspecified atom stereocenters. The minimum Gasteiger partial charge on any atom is -0.480 e. The maximum absolute atomic E-state index is 10.9. The zero-order chi connectivity index (χ0) is 14.5. The van der Waals surface area contributed by atoms with Gasteiger partial charge in [-0.2, -0.15) is 5.26 Å². The Bertz CT molecular complexity index is 694. The van der Waals surface area contributed by atoms with Gasteiger partial charge in [0.25, 0.3) is 0 Å². The van der Waals surface area contributed by atoms with E-state index in [0.29, 0.717) is 11.5 Å². The van der Waals surface area contributed by atoms with E-state index >= 15 is 0 Å². The molecule has 0 bridgehead atoms. The number of pyridine rings is 1. The zero-order valence-electron chi connectivity index (χ0n) is 10.3. The number of nitrogen functional groups attached to an aromatic ring is 1. The molecule has 1 aromatic carbocycles. The first-order chi connectivity index (χ1) is 9.60. The summed E-state index contributed by atoms with van der Waals surface area (Å²) < 4.78 is 5.37. The lowest BCUT2D eigenvalue weighted by Crippen LogP contribution is -2.02. The van der Waals surface area contributed by atoms with E-state index in [-0.39, 0.29) is 23.6 Å². The highest BCUT2D eigenvalue weighted by Crippen LogP contribution is 2.28. The van der Waals surface area contributed by atoms with E-state index in [1.807, 2.05) is 6.07 Å². The molecular weight excluding hydrogens is 260 g/mol. The highest BCUT2D eigenvalue weighted by Gasteiger charge is 2.16. The summed E-state index contributed by atoms with van der Waals surface area (Å²) in [4.78, 5) is 14.4. The van der Waals surface area contributed by atoms with Crippen LogP contribution in [0.5, 0.6) is 5.75 Å². The highest BCUT2D eigenvalue weighted by atomic mass is 16.6. The molecule has 2 rings (SSSR count). The minimum absolute atomic E-state index is 0.0534. The number of nitrogens with zero attached hydrogens (tertiary/aromatic N) is 3. The van der Waals surface area contributed by atoms with E-state index < -0.39 is 4.92 Å². The number of benzene rings is 1. The van der Waals surface area contributed by atoms with Gasteiger partial charge in [0, 0.05) is 6.07 Å². The van der Waals surface area contributed by atoms with E-state index in [4.69, 9.17) is 15.7 Å². The van der Waals surface area contributed by atoms with E-state index in [1.165, 1.54) is 18.2 Å². The normalized spacial score (nSPS) is 9.75. The van der Waals surface area contributed by atoms with Crippen LogP contribution in [0.25, 0.3) is 0 Å². The first kappa shape index (κ1) is 13.3. The van der Waals surface area contributed by atoms with Crippen LogP contribution in [0.15, 0.2) is 36.4 Å². The summed E-state index contributed by atoms with van der Waals surface area (Å²) in [7, 11) is 0. The molecule has 0 radical (unpaired) electrons. The van der Waals surface area contributed by atoms with Gasteiger partial charge in [-0.3, -0.25) is 10.1 Å². The van der Waals surface area contributed by atoms with E-state index in [1.54, 1.807) is 18.2 Å². The van der Waals surface area contributed by atoms with Crippen LogP contribution < -0.4 is 10.5 Å². The molecule has 1 heterocycles. The Balaban J connectivity index is 2.21. The summed E-state index contributed by atoms with van der Waals surface area (Å²) in [5, 5.41) is 19.7. The van der Waals surface area contributed by atoms with Crippen LogP contribution in [0.1, 0.15) is 11.3 Å². The van der Waals surface area contributed by atoms with Crippen molar-refractivity contribution in [1.82, 2.24) is 4.98 Å². The fraction of sp³-hybridized carbons (Fsp3) is 0.0769. The molecule has 100 valence electrons. The van der Waals surface area contributed by atoms with Gasteiger partial charge in [-0.15, -0.1) is 0 Å². The van der Waals surface area contributed by atoms with Gasteiger partial charge in [0.2, 0.25) is 0 Å². The number of anilines is 1. The maximum Gasteiger partial charge on any atom is 0.312 e. The van der Waals surface area contributed by atoms with Gasteiger partial charge in [-0.05, 0) is 24.3 Å². The molecule has 0 fully saturated rings. The number of ether oxygens (including phenoxy) is 1. The van der Waals surface area contributed by atoms with Crippen molar-refractivity contribution in [2.24, 2.45) is 0 Å². The zero-order valence-corrected chi connectivity index (χ0v) is 10.3. The Morgan fingerprint density at radius 1 is 1.40 bits per heavy atom. The summed E-state index contributed by atoms with van der Waals surface area (Å²) in [6.07, 6.45) is 0. The summed E-state index contributed by atoms with van der Waals surface area (Å²) >= 11 is 0. The Kier molecular flexibility index (Phi) is 3.77. The van der Waals surface area contributed by atoms with E-state index in [0.717, 1.165) is 0 Å². The first-order valence-corrected chi connectivity index (χ1v) is 5.63. The van der Waals surface area contributed by atoms with Crippen molar-refractivity contribution in [3.8, 4) is 11.8 Å². The molecule has 0 aliphatic heterocycles. The van der Waals surface area contributed by atoms with Crippen molar-refractivity contribution in [2.45, 2.75) is 6.61 Å². The van der Waals surface area contributed by atoms with Gasteiger partial charge >= 0.3 is 5.69 Å². The number of hydrogen-bond acceptors (Lipinski definition) is 6. The number of nitro benzene ring substituents is 1. The third-order valence-electron chi connectivity index (χ3n) is 2.49. The molecule has 0 spiro atoms. The predicted octanol–water partition coefficient (Wildman–Crippen LogP) is 2.02. The first-order valence-electron chi connectivity index (χ1n) is 5.63. The van der Waals surface area contributed by atoms with E-state index in [9.17, 15) is 10.1 Å². The SMILES string of the molecule is N#Cc1ccc(OCc2cccc(N)n2)c([N+](=O)[O-])c1. The number of nitro groups is 1. The molecule has 2 N–H and O–H groups in total. The molecule has 0 saturated carbocycles. The number of nitriles is 1. The predicted molar refractivity (Wildman–Crippen MR) is 70.8 cm³/mol. The van der Waals surface area contributed by atoms with Crippen LogP contribution in [0, 0.1) is 21.4 Å². The average molecular weight is 270 g/mol. The monoisotopic (exact) mass is 270 g/mol. The Hall–Kier alpha value is -3.14. The molecule has 0 saturated heterocycles. The smallest absolute Gasteiger partial charge is 0.312 e. The second-order valence-corrected chi connectivity index (χ2v) is 3.89. The molecule has 7 nitrogen and oxygen atoms in total. The average Bonchev–Trinajstić information content (AvgIpc) is 2.45. The molecular formula is C13H10N4O3. The lowest BCUT2D eigenvalue weighted by molar-refractivity contribution is -0.386. The summed E-state index contributed by atoms with van der Waals surface area (Å²) in [5.74, 6) is 0.429. The summed E-state index contributed by atoms with van der Waals surface area (Å²) in [5.41, 5.74) is 6.04. The van der Waals surface area contributed by atoms with Gasteiger partial charge in [0.1, 0.15) is 12.4 Å². The van der Waals surface area contributed by atoms with Crippen molar-refractivity contribution in [3.63, 3.8) is 0 Å². The van der Waals surface area contributed by atoms with Crippen LogP contribution in [-0.2, 0) is 6.61 Å². The summed E-state index contributed by atoms with van der Waals surface area (Å²) in [6, 6.07) is 10.9. The van der Waals surface area contributed by atoms with Crippen LogP contribution in [0.2, 0.25) is 0 Å². The molecule has 0 amide bonds. The van der Waals surface area contributed by atoms with Gasteiger partial charge in [-0.25, -0.2) is 4.98 Å². The second-order valence-electron chi connectivity index (χ2n) is 3.89. The summed E-state index contributed by atoms with van der Waals surface area (Å²) in [6.45, 7) is 0.0534. The van der Waals surface area contributed by atoms with Crippen molar-refractivity contribution < 1.29 is 9.66 Å². The maximum atomic E-state index is 10.9. The third-order valence-corrected chi connectivity index (χ3v) is 2.49. The highest BCUT2D eigenvalue weighted by molar-refractivity contribution is 5.51. The van der Waals surface area contributed by atoms with Crippen molar-refractivity contribution in [3.05, 3.63) is 57.8 Å². The quantitative estimate of drug-likeness (QED) is 0.671. The van der Waals surface area contributed by atoms with Gasteiger partial charge in [0.15, 0.2) is 5.75 Å². The van der Waals surface area contributed by atoms with Crippen LogP contribution in [-0.4, -0.2) is 9.91 Å². The fourth-order valence-electron chi connectivity index (χ4n) is 1.58. The number of nitrogens with two attached hydrogens (primary N) is 1. The Morgan fingerprint density at radius 2 is 2.20 bits per heavy atom. The van der Waals surface area contributed by atoms with Gasteiger partial charge in [-0.1, -0.05) is 6.07 Å². The molecule has 7 heteroatoms. The van der Waals surface area contributed by atoms with E-state index in [2.05, 4.69) is 4.98 Å². The standard InChI is InChI=1S/C13H10N4O3/c14-7-9-4-5-12(11(6-9)17(18)19)20-8-10-2-1-3-13(15)16-10/h1-6H,8H2,(H2,15,16). The lowest BCUT2D eigenvalue weighted by atomic mass is 10.2. The largest absolute Gasteiger partial charge is 0.480 e. The number of rotatable bonds is 4. The van der Waals surface area contributed by atoms with Gasteiger partial charge < -0.3 is 10.5 Å². The third kappa shape index (κ3) is 3.00. The fourth-order valence-corrected chi connectivity index (χ4v) is 1.58. The number of aromatic nitrogens is 1. The molecule has 0 aliphatic rings. The lowest BCUT2D eigenvalue weighted by Gasteiger charge is -2.06. The van der Waals surface area contributed by atoms with Crippen LogP contribution in [0.3, 0.4) is 0 Å².